The second-order valence-electron chi connectivity index (χ2n) is 16.6. The van der Waals surface area contributed by atoms with Crippen molar-refractivity contribution in [3.63, 3.8) is 0 Å². The standard InChI is InChI=1S/C35H64N4O10/c1-32(2,3)46-28(42)23-36-15-17-37(24-29(43)47-33(4,5)6)19-21-39(26(13-14-27(40)41)31(45)49-35(10,11)12)22-20-38(18-16-36)25-30(44)48-34(7,8)9/h26H,13-25H2,1-12H3,(H,40,41)/t26-/m0/s1. The molecule has 0 unspecified atom stereocenters. The van der Waals surface area contributed by atoms with Crippen LogP contribution in [0.5, 0.6) is 0 Å². The number of rotatable bonds is 11. The average Bonchev–Trinajstić information content (AvgIpc) is 2.85. The minimum atomic E-state index is -1.04. The molecule has 1 saturated heterocycles. The van der Waals surface area contributed by atoms with E-state index in [9.17, 15) is 29.1 Å². The number of nitrogens with zero attached hydrogens (tertiary/aromatic N) is 4. The molecule has 0 saturated carbocycles. The van der Waals surface area contributed by atoms with E-state index in [0.29, 0.717) is 52.4 Å². The van der Waals surface area contributed by atoms with Gasteiger partial charge in [0.05, 0.1) is 19.6 Å². The van der Waals surface area contributed by atoms with Gasteiger partial charge >= 0.3 is 29.8 Å². The zero-order valence-electron chi connectivity index (χ0n) is 32.2. The quantitative estimate of drug-likeness (QED) is 0.248. The Morgan fingerprint density at radius 1 is 0.510 bits per heavy atom. The van der Waals surface area contributed by atoms with E-state index in [-0.39, 0.29) is 38.4 Å². The minimum absolute atomic E-state index is 0.0137. The molecule has 1 fully saturated rings. The predicted molar refractivity (Wildman–Crippen MR) is 185 cm³/mol. The highest BCUT2D eigenvalue weighted by atomic mass is 16.6. The first kappa shape index (κ1) is 44.2. The van der Waals surface area contributed by atoms with Crippen molar-refractivity contribution < 1.29 is 48.0 Å². The number of carboxylic acids is 1. The van der Waals surface area contributed by atoms with Crippen LogP contribution in [0.4, 0.5) is 0 Å². The van der Waals surface area contributed by atoms with Crippen molar-refractivity contribution in [2.75, 3.05) is 72.0 Å². The SMILES string of the molecule is CC(C)(C)OC(=O)CN1CCN(CC(=O)OC(C)(C)C)CCN([C@@H](CCC(=O)O)C(=O)OC(C)(C)C)CCN(CC(=O)OC(C)(C)C)CC1. The van der Waals surface area contributed by atoms with Crippen LogP contribution in [0.2, 0.25) is 0 Å². The fourth-order valence-electron chi connectivity index (χ4n) is 5.09. The zero-order chi connectivity index (χ0) is 37.8. The average molecular weight is 701 g/mol. The van der Waals surface area contributed by atoms with Crippen LogP contribution in [0.1, 0.15) is 95.9 Å². The molecule has 0 aromatic rings. The van der Waals surface area contributed by atoms with Crippen molar-refractivity contribution in [3.8, 4) is 0 Å². The van der Waals surface area contributed by atoms with Gasteiger partial charge in [-0.05, 0) is 89.5 Å². The molecule has 49 heavy (non-hydrogen) atoms. The minimum Gasteiger partial charge on any atom is -0.481 e. The molecular formula is C35H64N4O10. The molecule has 1 atom stereocenters. The van der Waals surface area contributed by atoms with Crippen LogP contribution in [0.25, 0.3) is 0 Å². The van der Waals surface area contributed by atoms with Gasteiger partial charge in [-0.1, -0.05) is 0 Å². The maximum absolute atomic E-state index is 13.5. The smallest absolute Gasteiger partial charge is 0.323 e. The lowest BCUT2D eigenvalue weighted by Gasteiger charge is -2.37. The Bertz CT molecular complexity index is 1060. The Morgan fingerprint density at radius 3 is 1.06 bits per heavy atom. The van der Waals surface area contributed by atoms with Gasteiger partial charge in [0.15, 0.2) is 0 Å². The lowest BCUT2D eigenvalue weighted by Crippen LogP contribution is -2.53. The van der Waals surface area contributed by atoms with Crippen molar-refractivity contribution in [3.05, 3.63) is 0 Å². The Labute approximate surface area is 293 Å². The molecule has 1 aliphatic rings. The molecule has 14 heteroatoms. The van der Waals surface area contributed by atoms with Crippen LogP contribution in [0.15, 0.2) is 0 Å². The summed E-state index contributed by atoms with van der Waals surface area (Å²) in [5, 5.41) is 9.52. The van der Waals surface area contributed by atoms with E-state index in [2.05, 4.69) is 0 Å². The lowest BCUT2D eigenvalue weighted by molar-refractivity contribution is -0.163. The van der Waals surface area contributed by atoms with Gasteiger partial charge in [0, 0.05) is 58.8 Å². The van der Waals surface area contributed by atoms with Crippen molar-refractivity contribution in [1.29, 1.82) is 0 Å². The maximum atomic E-state index is 13.5. The molecule has 0 aromatic heterocycles. The van der Waals surface area contributed by atoms with Crippen LogP contribution < -0.4 is 0 Å². The van der Waals surface area contributed by atoms with Gasteiger partial charge in [-0.25, -0.2) is 0 Å². The van der Waals surface area contributed by atoms with E-state index in [1.807, 2.05) is 19.6 Å². The molecule has 1 aliphatic heterocycles. The summed E-state index contributed by atoms with van der Waals surface area (Å²) in [6, 6.07) is -0.881. The summed E-state index contributed by atoms with van der Waals surface area (Å²) in [6.45, 7) is 24.2. The summed E-state index contributed by atoms with van der Waals surface area (Å²) in [6.07, 6.45) is -0.227. The molecule has 1 N–H and O–H groups in total. The van der Waals surface area contributed by atoms with Crippen molar-refractivity contribution in [1.82, 2.24) is 19.6 Å². The summed E-state index contributed by atoms with van der Waals surface area (Å²) in [4.78, 5) is 71.6. The van der Waals surface area contributed by atoms with Gasteiger partial charge in [-0.15, -0.1) is 0 Å². The largest absolute Gasteiger partial charge is 0.481 e. The van der Waals surface area contributed by atoms with E-state index in [0.717, 1.165) is 0 Å². The highest BCUT2D eigenvalue weighted by molar-refractivity contribution is 5.77. The van der Waals surface area contributed by atoms with E-state index >= 15 is 0 Å². The molecule has 0 aliphatic carbocycles. The number of hydrogen-bond acceptors (Lipinski definition) is 13. The second kappa shape index (κ2) is 19.0. The van der Waals surface area contributed by atoms with Gasteiger partial charge in [-0.2, -0.15) is 0 Å². The molecule has 14 nitrogen and oxygen atoms in total. The number of esters is 4. The van der Waals surface area contributed by atoms with Crippen LogP contribution in [-0.2, 0) is 42.9 Å². The number of carbonyl (C=O) groups is 5. The second-order valence-corrected chi connectivity index (χ2v) is 16.6. The predicted octanol–water partition coefficient (Wildman–Crippen LogP) is 2.81. The van der Waals surface area contributed by atoms with Gasteiger partial charge in [0.2, 0.25) is 0 Å². The number of aliphatic carboxylic acids is 1. The molecule has 0 bridgehead atoms. The first-order valence-corrected chi connectivity index (χ1v) is 17.2. The fourth-order valence-corrected chi connectivity index (χ4v) is 5.09. The Balaban J connectivity index is 3.50. The summed E-state index contributed by atoms with van der Waals surface area (Å²) in [7, 11) is 0. The van der Waals surface area contributed by atoms with Crippen LogP contribution in [-0.4, -0.2) is 155 Å². The zero-order valence-corrected chi connectivity index (χ0v) is 32.2. The third kappa shape index (κ3) is 21.8. The number of carbonyl (C=O) groups excluding carboxylic acids is 4. The van der Waals surface area contributed by atoms with E-state index in [1.165, 1.54) is 0 Å². The monoisotopic (exact) mass is 700 g/mol. The third-order valence-corrected chi connectivity index (χ3v) is 6.94. The van der Waals surface area contributed by atoms with E-state index in [4.69, 9.17) is 18.9 Å². The van der Waals surface area contributed by atoms with E-state index < -0.39 is 52.3 Å². The summed E-state index contributed by atoms with van der Waals surface area (Å²) in [5.41, 5.74) is -2.83. The van der Waals surface area contributed by atoms with Crippen molar-refractivity contribution in [2.24, 2.45) is 0 Å². The Hall–Kier alpha value is -2.81. The highest BCUT2D eigenvalue weighted by Crippen LogP contribution is 2.17. The summed E-state index contributed by atoms with van der Waals surface area (Å²) in [5.74, 6) is -2.79. The Kier molecular flexibility index (Phi) is 17.1. The van der Waals surface area contributed by atoms with Crippen LogP contribution in [0, 0.1) is 0 Å². The van der Waals surface area contributed by atoms with Gasteiger partial charge in [0.25, 0.3) is 0 Å². The summed E-state index contributed by atoms with van der Waals surface area (Å²) < 4.78 is 22.5. The topological polar surface area (TPSA) is 155 Å². The Morgan fingerprint density at radius 2 is 0.796 bits per heavy atom. The lowest BCUT2D eigenvalue weighted by atomic mass is 10.1. The fraction of sp³-hybridized carbons (Fsp3) is 0.857. The maximum Gasteiger partial charge on any atom is 0.323 e. The summed E-state index contributed by atoms with van der Waals surface area (Å²) >= 11 is 0. The molecule has 0 radical (unpaired) electrons. The van der Waals surface area contributed by atoms with Gasteiger partial charge in [-0.3, -0.25) is 43.6 Å². The molecule has 1 heterocycles. The first-order chi connectivity index (χ1) is 22.2. The van der Waals surface area contributed by atoms with Gasteiger partial charge in [0.1, 0.15) is 28.4 Å². The normalized spacial score (nSPS) is 18.0. The molecule has 0 aromatic carbocycles. The van der Waals surface area contributed by atoms with Gasteiger partial charge < -0.3 is 24.1 Å². The highest BCUT2D eigenvalue weighted by Gasteiger charge is 2.33. The molecular weight excluding hydrogens is 636 g/mol. The molecule has 1 rings (SSSR count). The number of hydrogen-bond donors (Lipinski definition) is 1. The van der Waals surface area contributed by atoms with E-state index in [1.54, 1.807) is 83.1 Å². The number of ether oxygens (including phenoxy) is 4. The van der Waals surface area contributed by atoms with Crippen molar-refractivity contribution >= 4 is 29.8 Å². The van der Waals surface area contributed by atoms with Crippen LogP contribution >= 0.6 is 0 Å². The third-order valence-electron chi connectivity index (χ3n) is 6.94. The molecule has 0 amide bonds. The van der Waals surface area contributed by atoms with Crippen LogP contribution in [0.3, 0.4) is 0 Å². The molecule has 284 valence electrons. The first-order valence-electron chi connectivity index (χ1n) is 17.2. The van der Waals surface area contributed by atoms with Crippen molar-refractivity contribution in [2.45, 2.75) is 124 Å². The molecule has 0 spiro atoms. The number of carboxylic acid groups (broad SMARTS) is 1.